The highest BCUT2D eigenvalue weighted by atomic mass is 16.2. The first-order valence-electron chi connectivity index (χ1n) is 5.54. The van der Waals surface area contributed by atoms with Crippen molar-refractivity contribution >= 4 is 5.91 Å². The van der Waals surface area contributed by atoms with Crippen LogP contribution < -0.4 is 11.2 Å². The van der Waals surface area contributed by atoms with Crippen molar-refractivity contribution in [1.82, 2.24) is 10.4 Å². The molecule has 1 aliphatic carbocycles. The second-order valence-electron chi connectivity index (χ2n) is 4.46. The molecule has 0 radical (unpaired) electrons. The second-order valence-corrected chi connectivity index (χ2v) is 4.46. The molecule has 0 bridgehead atoms. The van der Waals surface area contributed by atoms with Gasteiger partial charge in [-0.05, 0) is 25.8 Å². The lowest BCUT2D eigenvalue weighted by atomic mass is 9.96. The average molecular weight is 197 g/mol. The fourth-order valence-corrected chi connectivity index (χ4v) is 2.54. The molecule has 4 nitrogen and oxygen atoms in total. The van der Waals surface area contributed by atoms with Gasteiger partial charge in [0.1, 0.15) is 0 Å². The van der Waals surface area contributed by atoms with Crippen molar-refractivity contribution in [2.75, 3.05) is 13.1 Å². The number of amides is 1. The topological polar surface area (TPSA) is 58.4 Å². The molecule has 2 rings (SSSR count). The molecule has 0 aromatic rings. The van der Waals surface area contributed by atoms with Gasteiger partial charge in [0.05, 0.1) is 0 Å². The number of nitrogens with two attached hydrogens (primary N) is 1. The summed E-state index contributed by atoms with van der Waals surface area (Å²) >= 11 is 0. The maximum absolute atomic E-state index is 11.7. The SMILES string of the molecule is NCCCN1NC2(CCCC2)CC1=O. The summed E-state index contributed by atoms with van der Waals surface area (Å²) < 4.78 is 0. The van der Waals surface area contributed by atoms with Crippen LogP contribution in [0.15, 0.2) is 0 Å². The van der Waals surface area contributed by atoms with Crippen molar-refractivity contribution in [2.45, 2.75) is 44.1 Å². The number of rotatable bonds is 3. The van der Waals surface area contributed by atoms with Crippen LogP contribution in [0.4, 0.5) is 0 Å². The standard InChI is InChI=1S/C10H19N3O/c11-6-3-7-13-9(14)8-10(12-13)4-1-2-5-10/h12H,1-8,11H2. The van der Waals surface area contributed by atoms with Crippen LogP contribution >= 0.6 is 0 Å². The Morgan fingerprint density at radius 1 is 1.43 bits per heavy atom. The zero-order valence-corrected chi connectivity index (χ0v) is 8.59. The van der Waals surface area contributed by atoms with Crippen LogP contribution in [0, 0.1) is 0 Å². The van der Waals surface area contributed by atoms with Gasteiger partial charge in [-0.25, -0.2) is 5.43 Å². The normalized spacial score (nSPS) is 25.2. The van der Waals surface area contributed by atoms with Crippen molar-refractivity contribution < 1.29 is 4.79 Å². The number of hydrazine groups is 1. The lowest BCUT2D eigenvalue weighted by Crippen LogP contribution is -2.45. The van der Waals surface area contributed by atoms with E-state index in [4.69, 9.17) is 5.73 Å². The van der Waals surface area contributed by atoms with E-state index in [-0.39, 0.29) is 11.4 Å². The van der Waals surface area contributed by atoms with Gasteiger partial charge in [0, 0.05) is 18.5 Å². The molecule has 0 atom stereocenters. The van der Waals surface area contributed by atoms with Gasteiger partial charge < -0.3 is 5.73 Å². The molecular weight excluding hydrogens is 178 g/mol. The van der Waals surface area contributed by atoms with E-state index in [9.17, 15) is 4.79 Å². The summed E-state index contributed by atoms with van der Waals surface area (Å²) in [4.78, 5) is 11.7. The zero-order valence-electron chi connectivity index (χ0n) is 8.59. The van der Waals surface area contributed by atoms with Crippen molar-refractivity contribution in [2.24, 2.45) is 5.73 Å². The smallest absolute Gasteiger partial charge is 0.238 e. The summed E-state index contributed by atoms with van der Waals surface area (Å²) in [6.07, 6.45) is 6.39. The molecule has 0 aromatic heterocycles. The molecule has 2 fully saturated rings. The molecule has 1 saturated carbocycles. The molecule has 3 N–H and O–H groups in total. The first-order valence-corrected chi connectivity index (χ1v) is 5.54. The van der Waals surface area contributed by atoms with Gasteiger partial charge in [0.2, 0.25) is 5.91 Å². The Labute approximate surface area is 84.8 Å². The first kappa shape index (κ1) is 9.93. The van der Waals surface area contributed by atoms with Crippen molar-refractivity contribution in [3.8, 4) is 0 Å². The maximum Gasteiger partial charge on any atom is 0.238 e. The molecule has 2 aliphatic rings. The number of hydrogen-bond donors (Lipinski definition) is 2. The van der Waals surface area contributed by atoms with Crippen molar-refractivity contribution in [3.63, 3.8) is 0 Å². The average Bonchev–Trinajstić information content (AvgIpc) is 2.72. The van der Waals surface area contributed by atoms with E-state index in [1.807, 2.05) is 0 Å². The van der Waals surface area contributed by atoms with E-state index in [1.54, 1.807) is 5.01 Å². The number of carbonyl (C=O) groups excluding carboxylic acids is 1. The van der Waals surface area contributed by atoms with E-state index in [2.05, 4.69) is 5.43 Å². The Kier molecular flexibility index (Phi) is 2.74. The van der Waals surface area contributed by atoms with Gasteiger partial charge in [-0.3, -0.25) is 9.80 Å². The number of carbonyl (C=O) groups is 1. The predicted molar refractivity (Wildman–Crippen MR) is 54.3 cm³/mol. The molecule has 14 heavy (non-hydrogen) atoms. The minimum Gasteiger partial charge on any atom is -0.330 e. The largest absolute Gasteiger partial charge is 0.330 e. The summed E-state index contributed by atoms with van der Waals surface area (Å²) in [5.74, 6) is 0.250. The Balaban J connectivity index is 1.92. The second kappa shape index (κ2) is 3.87. The fraction of sp³-hybridized carbons (Fsp3) is 0.900. The molecule has 0 unspecified atom stereocenters. The lowest BCUT2D eigenvalue weighted by molar-refractivity contribution is -0.129. The van der Waals surface area contributed by atoms with Gasteiger partial charge >= 0.3 is 0 Å². The van der Waals surface area contributed by atoms with E-state index < -0.39 is 0 Å². The third-order valence-electron chi connectivity index (χ3n) is 3.31. The van der Waals surface area contributed by atoms with Crippen LogP contribution in [0.25, 0.3) is 0 Å². The van der Waals surface area contributed by atoms with Gasteiger partial charge in [0.25, 0.3) is 0 Å². The summed E-state index contributed by atoms with van der Waals surface area (Å²) in [6.45, 7) is 1.41. The van der Waals surface area contributed by atoms with Crippen LogP contribution in [0.3, 0.4) is 0 Å². The predicted octanol–water partition coefficient (Wildman–Crippen LogP) is 0.385. The highest BCUT2D eigenvalue weighted by Gasteiger charge is 2.44. The Morgan fingerprint density at radius 2 is 2.14 bits per heavy atom. The molecule has 0 aromatic carbocycles. The van der Waals surface area contributed by atoms with Crippen LogP contribution in [0.5, 0.6) is 0 Å². The Hall–Kier alpha value is -0.610. The van der Waals surface area contributed by atoms with E-state index in [0.717, 1.165) is 25.8 Å². The van der Waals surface area contributed by atoms with Gasteiger partial charge in [-0.15, -0.1) is 0 Å². The fourth-order valence-electron chi connectivity index (χ4n) is 2.54. The minimum absolute atomic E-state index is 0.117. The molecule has 1 aliphatic heterocycles. The Morgan fingerprint density at radius 3 is 2.79 bits per heavy atom. The third kappa shape index (κ3) is 1.77. The third-order valence-corrected chi connectivity index (χ3v) is 3.31. The molecule has 1 amide bonds. The summed E-state index contributed by atoms with van der Waals surface area (Å²) in [6, 6.07) is 0. The summed E-state index contributed by atoms with van der Waals surface area (Å²) in [7, 11) is 0. The first-order chi connectivity index (χ1) is 6.76. The van der Waals surface area contributed by atoms with Crippen LogP contribution in [-0.4, -0.2) is 29.5 Å². The lowest BCUT2D eigenvalue weighted by Gasteiger charge is -2.24. The molecular formula is C10H19N3O. The van der Waals surface area contributed by atoms with Crippen LogP contribution in [0.1, 0.15) is 38.5 Å². The number of nitrogens with one attached hydrogen (secondary N) is 1. The number of hydrogen-bond acceptors (Lipinski definition) is 3. The minimum atomic E-state index is 0.117. The quantitative estimate of drug-likeness (QED) is 0.688. The number of nitrogens with zero attached hydrogens (tertiary/aromatic N) is 1. The zero-order chi connectivity index (χ0) is 10.0. The van der Waals surface area contributed by atoms with Crippen LogP contribution in [0.2, 0.25) is 0 Å². The van der Waals surface area contributed by atoms with Crippen molar-refractivity contribution in [3.05, 3.63) is 0 Å². The molecule has 1 heterocycles. The van der Waals surface area contributed by atoms with Crippen molar-refractivity contribution in [1.29, 1.82) is 0 Å². The monoisotopic (exact) mass is 197 g/mol. The molecule has 1 spiro atoms. The highest BCUT2D eigenvalue weighted by molar-refractivity contribution is 5.79. The van der Waals surface area contributed by atoms with Crippen LogP contribution in [-0.2, 0) is 4.79 Å². The summed E-state index contributed by atoms with van der Waals surface area (Å²) in [5.41, 5.74) is 8.93. The van der Waals surface area contributed by atoms with E-state index in [0.29, 0.717) is 13.0 Å². The molecule has 1 saturated heterocycles. The van der Waals surface area contributed by atoms with Gasteiger partial charge in [0.15, 0.2) is 0 Å². The highest BCUT2D eigenvalue weighted by Crippen LogP contribution is 2.36. The molecule has 80 valence electrons. The summed E-state index contributed by atoms with van der Waals surface area (Å²) in [5, 5.41) is 1.78. The van der Waals surface area contributed by atoms with E-state index in [1.165, 1.54) is 12.8 Å². The van der Waals surface area contributed by atoms with Gasteiger partial charge in [-0.2, -0.15) is 0 Å². The Bertz CT molecular complexity index is 223. The maximum atomic E-state index is 11.7. The van der Waals surface area contributed by atoms with Gasteiger partial charge in [-0.1, -0.05) is 12.8 Å². The van der Waals surface area contributed by atoms with E-state index >= 15 is 0 Å². The molecule has 4 heteroatoms.